The summed E-state index contributed by atoms with van der Waals surface area (Å²) in [4.78, 5) is 5.11. The van der Waals surface area contributed by atoms with E-state index in [4.69, 9.17) is 17.3 Å². The van der Waals surface area contributed by atoms with Crippen LogP contribution in [0.4, 0.5) is 0 Å². The fourth-order valence-corrected chi connectivity index (χ4v) is 3.86. The molecule has 116 valence electrons. The Kier molecular flexibility index (Phi) is 5.23. The van der Waals surface area contributed by atoms with Gasteiger partial charge in [-0.1, -0.05) is 27.5 Å². The Hall–Kier alpha value is -0.130. The molecule has 0 amide bonds. The second-order valence-electron chi connectivity index (χ2n) is 6.20. The number of hydrogen-bond acceptors (Lipinski definition) is 3. The third-order valence-electron chi connectivity index (χ3n) is 4.60. The van der Waals surface area contributed by atoms with Gasteiger partial charge in [0, 0.05) is 54.8 Å². The molecule has 0 radical (unpaired) electrons. The fourth-order valence-electron chi connectivity index (χ4n) is 3.17. The van der Waals surface area contributed by atoms with E-state index in [0.717, 1.165) is 41.6 Å². The maximum Gasteiger partial charge on any atom is 0.0483 e. The van der Waals surface area contributed by atoms with Crippen LogP contribution in [0.5, 0.6) is 0 Å². The van der Waals surface area contributed by atoms with E-state index in [1.54, 1.807) is 0 Å². The van der Waals surface area contributed by atoms with E-state index in [1.807, 2.05) is 18.2 Å². The first-order valence-electron chi connectivity index (χ1n) is 7.79. The van der Waals surface area contributed by atoms with Crippen LogP contribution in [0.25, 0.3) is 0 Å². The standard InChI is InChI=1S/C16H23BrClN3/c17-15-4-3-13(18)9-14(15)16(10-19)21-7-5-20(6-8-21)11-12-1-2-12/h3-4,9,12,16H,1-2,5-8,10-11,19H2. The largest absolute Gasteiger partial charge is 0.329 e. The van der Waals surface area contributed by atoms with Crippen LogP contribution in [0.15, 0.2) is 22.7 Å². The third kappa shape index (κ3) is 3.99. The second kappa shape index (κ2) is 6.97. The van der Waals surface area contributed by atoms with E-state index >= 15 is 0 Å². The molecule has 1 unspecified atom stereocenters. The van der Waals surface area contributed by atoms with Gasteiger partial charge in [0.25, 0.3) is 0 Å². The van der Waals surface area contributed by atoms with Crippen molar-refractivity contribution in [1.29, 1.82) is 0 Å². The maximum atomic E-state index is 6.16. The molecule has 5 heteroatoms. The van der Waals surface area contributed by atoms with Crippen molar-refractivity contribution >= 4 is 27.5 Å². The Bertz CT molecular complexity index is 484. The molecule has 1 saturated carbocycles. The Labute approximate surface area is 140 Å². The first-order chi connectivity index (χ1) is 10.2. The molecule has 1 aromatic carbocycles. The van der Waals surface area contributed by atoms with Crippen molar-refractivity contribution in [3.63, 3.8) is 0 Å². The minimum absolute atomic E-state index is 0.251. The lowest BCUT2D eigenvalue weighted by Crippen LogP contribution is -2.49. The average Bonchev–Trinajstić information content (AvgIpc) is 3.29. The molecular weight excluding hydrogens is 350 g/mol. The van der Waals surface area contributed by atoms with Gasteiger partial charge in [-0.3, -0.25) is 4.90 Å². The fraction of sp³-hybridized carbons (Fsp3) is 0.625. The van der Waals surface area contributed by atoms with Crippen LogP contribution in [0.3, 0.4) is 0 Å². The summed E-state index contributed by atoms with van der Waals surface area (Å²) in [6.07, 6.45) is 2.86. The molecule has 2 aliphatic rings. The number of nitrogens with two attached hydrogens (primary N) is 1. The highest BCUT2D eigenvalue weighted by Crippen LogP contribution is 2.32. The molecule has 1 aliphatic carbocycles. The van der Waals surface area contributed by atoms with Crippen molar-refractivity contribution in [2.45, 2.75) is 18.9 Å². The lowest BCUT2D eigenvalue weighted by atomic mass is 10.0. The van der Waals surface area contributed by atoms with Gasteiger partial charge in [0.15, 0.2) is 0 Å². The van der Waals surface area contributed by atoms with Gasteiger partial charge in [-0.25, -0.2) is 0 Å². The summed E-state index contributed by atoms with van der Waals surface area (Å²) < 4.78 is 1.10. The first kappa shape index (κ1) is 15.8. The maximum absolute atomic E-state index is 6.16. The van der Waals surface area contributed by atoms with Crippen LogP contribution in [-0.2, 0) is 0 Å². The van der Waals surface area contributed by atoms with Gasteiger partial charge in [-0.2, -0.15) is 0 Å². The Balaban J connectivity index is 1.65. The predicted molar refractivity (Wildman–Crippen MR) is 91.7 cm³/mol. The second-order valence-corrected chi connectivity index (χ2v) is 7.49. The van der Waals surface area contributed by atoms with Gasteiger partial charge in [-0.05, 0) is 42.5 Å². The van der Waals surface area contributed by atoms with E-state index in [9.17, 15) is 0 Å². The molecule has 0 bridgehead atoms. The van der Waals surface area contributed by atoms with Gasteiger partial charge < -0.3 is 10.6 Å². The Morgan fingerprint density at radius 3 is 2.57 bits per heavy atom. The lowest BCUT2D eigenvalue weighted by molar-refractivity contribution is 0.0953. The molecular formula is C16H23BrClN3. The number of benzene rings is 1. The summed E-state index contributed by atoms with van der Waals surface area (Å²) in [6.45, 7) is 6.42. The normalized spacial score (nSPS) is 22.4. The summed E-state index contributed by atoms with van der Waals surface area (Å²) in [5.41, 5.74) is 7.27. The summed E-state index contributed by atoms with van der Waals surface area (Å²) in [5.74, 6) is 0.976. The summed E-state index contributed by atoms with van der Waals surface area (Å²) in [5, 5.41) is 0.777. The lowest BCUT2D eigenvalue weighted by Gasteiger charge is -2.39. The smallest absolute Gasteiger partial charge is 0.0483 e. The Morgan fingerprint density at radius 1 is 1.24 bits per heavy atom. The van der Waals surface area contributed by atoms with Crippen molar-refractivity contribution in [3.8, 4) is 0 Å². The van der Waals surface area contributed by atoms with Gasteiger partial charge in [0.2, 0.25) is 0 Å². The minimum atomic E-state index is 0.251. The van der Waals surface area contributed by atoms with Crippen LogP contribution in [0.2, 0.25) is 5.02 Å². The Morgan fingerprint density at radius 2 is 1.95 bits per heavy atom. The molecule has 1 aliphatic heterocycles. The summed E-state index contributed by atoms with van der Waals surface area (Å²) in [7, 11) is 0. The van der Waals surface area contributed by atoms with E-state index in [1.165, 1.54) is 24.9 Å². The van der Waals surface area contributed by atoms with E-state index in [0.29, 0.717) is 6.54 Å². The topological polar surface area (TPSA) is 32.5 Å². The zero-order chi connectivity index (χ0) is 14.8. The summed E-state index contributed by atoms with van der Waals surface area (Å²) >= 11 is 9.80. The van der Waals surface area contributed by atoms with Crippen LogP contribution in [0.1, 0.15) is 24.4 Å². The molecule has 1 heterocycles. The third-order valence-corrected chi connectivity index (χ3v) is 5.56. The highest BCUT2D eigenvalue weighted by molar-refractivity contribution is 9.10. The van der Waals surface area contributed by atoms with E-state index in [-0.39, 0.29) is 6.04 Å². The van der Waals surface area contributed by atoms with Crippen molar-refractivity contribution in [2.75, 3.05) is 39.3 Å². The number of piperazine rings is 1. The number of rotatable bonds is 5. The van der Waals surface area contributed by atoms with Gasteiger partial charge in [-0.15, -0.1) is 0 Å². The molecule has 21 heavy (non-hydrogen) atoms. The molecule has 1 aromatic rings. The number of hydrogen-bond donors (Lipinski definition) is 1. The van der Waals surface area contributed by atoms with Crippen LogP contribution in [-0.4, -0.2) is 49.1 Å². The van der Waals surface area contributed by atoms with Crippen molar-refractivity contribution in [2.24, 2.45) is 11.7 Å². The molecule has 1 saturated heterocycles. The van der Waals surface area contributed by atoms with E-state index in [2.05, 4.69) is 25.7 Å². The first-order valence-corrected chi connectivity index (χ1v) is 8.96. The zero-order valence-electron chi connectivity index (χ0n) is 12.3. The van der Waals surface area contributed by atoms with Crippen molar-refractivity contribution in [1.82, 2.24) is 9.80 Å². The van der Waals surface area contributed by atoms with Crippen LogP contribution < -0.4 is 5.73 Å². The average molecular weight is 373 g/mol. The van der Waals surface area contributed by atoms with Crippen LogP contribution >= 0.6 is 27.5 Å². The molecule has 0 aromatic heterocycles. The van der Waals surface area contributed by atoms with E-state index < -0.39 is 0 Å². The predicted octanol–water partition coefficient (Wildman–Crippen LogP) is 3.13. The SMILES string of the molecule is NCC(c1cc(Cl)ccc1Br)N1CCN(CC2CC2)CC1. The molecule has 2 N–H and O–H groups in total. The minimum Gasteiger partial charge on any atom is -0.329 e. The highest BCUT2D eigenvalue weighted by atomic mass is 79.9. The van der Waals surface area contributed by atoms with Gasteiger partial charge in [0.05, 0.1) is 0 Å². The molecule has 3 rings (SSSR count). The van der Waals surface area contributed by atoms with Gasteiger partial charge in [0.1, 0.15) is 0 Å². The van der Waals surface area contributed by atoms with Crippen molar-refractivity contribution < 1.29 is 0 Å². The molecule has 3 nitrogen and oxygen atoms in total. The summed E-state index contributed by atoms with van der Waals surface area (Å²) in [6, 6.07) is 6.22. The number of nitrogens with zero attached hydrogens (tertiary/aromatic N) is 2. The van der Waals surface area contributed by atoms with Gasteiger partial charge >= 0.3 is 0 Å². The quantitative estimate of drug-likeness (QED) is 0.862. The number of halogens is 2. The highest BCUT2D eigenvalue weighted by Gasteiger charge is 2.29. The monoisotopic (exact) mass is 371 g/mol. The molecule has 2 fully saturated rings. The van der Waals surface area contributed by atoms with Crippen LogP contribution in [0, 0.1) is 5.92 Å². The molecule has 1 atom stereocenters. The van der Waals surface area contributed by atoms with Crippen molar-refractivity contribution in [3.05, 3.63) is 33.3 Å². The molecule has 0 spiro atoms. The zero-order valence-corrected chi connectivity index (χ0v) is 14.6.